The lowest BCUT2D eigenvalue weighted by atomic mass is 10.1. The van der Waals surface area contributed by atoms with E-state index in [1.54, 1.807) is 24.3 Å². The van der Waals surface area contributed by atoms with Gasteiger partial charge >= 0.3 is 6.03 Å². The Morgan fingerprint density at radius 2 is 1.80 bits per heavy atom. The Balaban J connectivity index is 1.88. The molecule has 1 fully saturated rings. The van der Waals surface area contributed by atoms with Crippen molar-refractivity contribution in [3.8, 4) is 0 Å². The van der Waals surface area contributed by atoms with E-state index in [1.807, 2.05) is 18.7 Å². The summed E-state index contributed by atoms with van der Waals surface area (Å²) in [6.07, 6.45) is 2.39. The van der Waals surface area contributed by atoms with Crippen LogP contribution in [0.3, 0.4) is 0 Å². The molecule has 0 atom stereocenters. The van der Waals surface area contributed by atoms with Crippen molar-refractivity contribution in [1.29, 1.82) is 0 Å². The van der Waals surface area contributed by atoms with Crippen LogP contribution in [0.4, 0.5) is 10.5 Å². The molecule has 1 saturated heterocycles. The maximum absolute atomic E-state index is 12.4. The summed E-state index contributed by atoms with van der Waals surface area (Å²) in [6, 6.07) is 6.43. The summed E-state index contributed by atoms with van der Waals surface area (Å²) >= 11 is 0. The van der Waals surface area contributed by atoms with Gasteiger partial charge in [-0.25, -0.2) is 4.79 Å². The van der Waals surface area contributed by atoms with E-state index in [2.05, 4.69) is 16.0 Å². The van der Waals surface area contributed by atoms with Crippen molar-refractivity contribution in [2.75, 3.05) is 25.0 Å². The first-order valence-electron chi connectivity index (χ1n) is 8.70. The zero-order valence-electron chi connectivity index (χ0n) is 14.8. The zero-order chi connectivity index (χ0) is 18.2. The van der Waals surface area contributed by atoms with Crippen LogP contribution in [0.2, 0.25) is 0 Å². The van der Waals surface area contributed by atoms with Gasteiger partial charge in [-0.2, -0.15) is 0 Å². The Hall–Kier alpha value is -2.57. The summed E-state index contributed by atoms with van der Waals surface area (Å²) in [4.78, 5) is 38.0. The van der Waals surface area contributed by atoms with Crippen LogP contribution in [0, 0.1) is 0 Å². The van der Waals surface area contributed by atoms with Gasteiger partial charge in [0, 0.05) is 32.1 Å². The molecule has 0 aliphatic carbocycles. The van der Waals surface area contributed by atoms with Crippen molar-refractivity contribution in [3.05, 3.63) is 29.8 Å². The summed E-state index contributed by atoms with van der Waals surface area (Å²) in [5.41, 5.74) is 0.805. The Kier molecular flexibility index (Phi) is 6.80. The van der Waals surface area contributed by atoms with E-state index in [1.165, 1.54) is 0 Å². The number of benzene rings is 1. The van der Waals surface area contributed by atoms with E-state index in [4.69, 9.17) is 0 Å². The molecule has 25 heavy (non-hydrogen) atoms. The van der Waals surface area contributed by atoms with Crippen molar-refractivity contribution in [2.24, 2.45) is 0 Å². The van der Waals surface area contributed by atoms with E-state index < -0.39 is 0 Å². The van der Waals surface area contributed by atoms with Crippen LogP contribution < -0.4 is 16.0 Å². The fourth-order valence-electron chi connectivity index (χ4n) is 2.71. The van der Waals surface area contributed by atoms with Crippen LogP contribution in [0.15, 0.2) is 24.3 Å². The molecular formula is C18H26N4O3. The van der Waals surface area contributed by atoms with Gasteiger partial charge < -0.3 is 20.9 Å². The van der Waals surface area contributed by atoms with E-state index in [0.717, 1.165) is 25.9 Å². The second-order valence-electron chi connectivity index (χ2n) is 6.39. The number of carbonyl (C=O) groups excluding carboxylic acids is 3. The molecule has 7 heteroatoms. The first-order chi connectivity index (χ1) is 12.0. The number of carbonyl (C=O) groups is 3. The van der Waals surface area contributed by atoms with Gasteiger partial charge in [-0.15, -0.1) is 0 Å². The molecule has 0 bridgehead atoms. The SMILES string of the molecule is CC(C)NC(=O)Nc1ccccc1C(=O)NCCC(=O)N1CCCC1. The van der Waals surface area contributed by atoms with E-state index in [0.29, 0.717) is 11.3 Å². The summed E-state index contributed by atoms with van der Waals surface area (Å²) < 4.78 is 0. The lowest BCUT2D eigenvalue weighted by Gasteiger charge is -2.16. The van der Waals surface area contributed by atoms with Crippen LogP contribution in [0.5, 0.6) is 0 Å². The zero-order valence-corrected chi connectivity index (χ0v) is 14.8. The summed E-state index contributed by atoms with van der Waals surface area (Å²) in [5.74, 6) is -0.241. The predicted molar refractivity (Wildman–Crippen MR) is 96.5 cm³/mol. The van der Waals surface area contributed by atoms with Crippen LogP contribution >= 0.6 is 0 Å². The normalized spacial score (nSPS) is 13.6. The van der Waals surface area contributed by atoms with Gasteiger partial charge in [0.15, 0.2) is 0 Å². The van der Waals surface area contributed by atoms with E-state index >= 15 is 0 Å². The maximum Gasteiger partial charge on any atom is 0.319 e. The highest BCUT2D eigenvalue weighted by molar-refractivity contribution is 6.03. The van der Waals surface area contributed by atoms with Crippen molar-refractivity contribution >= 4 is 23.5 Å². The van der Waals surface area contributed by atoms with Crippen molar-refractivity contribution in [2.45, 2.75) is 39.2 Å². The van der Waals surface area contributed by atoms with Crippen molar-refractivity contribution in [3.63, 3.8) is 0 Å². The molecule has 1 aliphatic rings. The molecule has 1 aromatic rings. The van der Waals surface area contributed by atoms with Crippen LogP contribution in [-0.2, 0) is 4.79 Å². The quantitative estimate of drug-likeness (QED) is 0.735. The first kappa shape index (κ1) is 18.8. The van der Waals surface area contributed by atoms with Gasteiger partial charge in [0.2, 0.25) is 5.91 Å². The second kappa shape index (κ2) is 9.05. The highest BCUT2D eigenvalue weighted by Gasteiger charge is 2.18. The van der Waals surface area contributed by atoms with Crippen LogP contribution in [-0.4, -0.2) is 48.4 Å². The predicted octanol–water partition coefficient (Wildman–Crippen LogP) is 1.96. The van der Waals surface area contributed by atoms with Crippen molar-refractivity contribution < 1.29 is 14.4 Å². The molecule has 0 spiro atoms. The molecule has 1 heterocycles. The highest BCUT2D eigenvalue weighted by atomic mass is 16.2. The monoisotopic (exact) mass is 346 g/mol. The second-order valence-corrected chi connectivity index (χ2v) is 6.39. The fraction of sp³-hybridized carbons (Fsp3) is 0.500. The summed E-state index contributed by atoms with van der Waals surface area (Å²) in [6.45, 7) is 5.61. The van der Waals surface area contributed by atoms with Gasteiger partial charge in [0.05, 0.1) is 11.3 Å². The number of nitrogens with zero attached hydrogens (tertiary/aromatic N) is 1. The first-order valence-corrected chi connectivity index (χ1v) is 8.70. The topological polar surface area (TPSA) is 90.5 Å². The average Bonchev–Trinajstić information content (AvgIpc) is 3.08. The van der Waals surface area contributed by atoms with Crippen LogP contribution in [0.1, 0.15) is 43.5 Å². The molecule has 1 aliphatic heterocycles. The Morgan fingerprint density at radius 3 is 2.48 bits per heavy atom. The Labute approximate surface area is 148 Å². The Morgan fingerprint density at radius 1 is 1.12 bits per heavy atom. The van der Waals surface area contributed by atoms with Gasteiger partial charge in [0.25, 0.3) is 5.91 Å². The molecular weight excluding hydrogens is 320 g/mol. The minimum absolute atomic E-state index is 0.00223. The number of nitrogens with one attached hydrogen (secondary N) is 3. The minimum Gasteiger partial charge on any atom is -0.351 e. The molecule has 136 valence electrons. The molecule has 0 aromatic heterocycles. The molecule has 4 amide bonds. The smallest absolute Gasteiger partial charge is 0.319 e. The third kappa shape index (κ3) is 5.77. The number of para-hydroxylation sites is 1. The third-order valence-corrected chi connectivity index (χ3v) is 3.92. The maximum atomic E-state index is 12.4. The van der Waals surface area contributed by atoms with Gasteiger partial charge in [-0.1, -0.05) is 12.1 Å². The molecule has 0 unspecified atom stereocenters. The minimum atomic E-state index is -0.362. The number of amides is 4. The molecule has 0 saturated carbocycles. The molecule has 2 rings (SSSR count). The lowest BCUT2D eigenvalue weighted by Crippen LogP contribution is -2.35. The van der Waals surface area contributed by atoms with Crippen LogP contribution in [0.25, 0.3) is 0 Å². The molecule has 3 N–H and O–H groups in total. The van der Waals surface area contributed by atoms with Gasteiger partial charge in [0.1, 0.15) is 0 Å². The molecule has 1 aromatic carbocycles. The van der Waals surface area contributed by atoms with E-state index in [-0.39, 0.29) is 36.9 Å². The number of anilines is 1. The van der Waals surface area contributed by atoms with Gasteiger partial charge in [-0.3, -0.25) is 9.59 Å². The number of likely N-dealkylation sites (tertiary alicyclic amines) is 1. The number of hydrogen-bond acceptors (Lipinski definition) is 3. The summed E-state index contributed by atoms with van der Waals surface area (Å²) in [7, 11) is 0. The fourth-order valence-corrected chi connectivity index (χ4v) is 2.71. The standard InChI is InChI=1S/C18H26N4O3/c1-13(2)20-18(25)21-15-8-4-3-7-14(15)17(24)19-10-9-16(23)22-11-5-6-12-22/h3-4,7-8,13H,5-6,9-12H2,1-2H3,(H,19,24)(H2,20,21,25). The Bertz CT molecular complexity index is 625. The van der Waals surface area contributed by atoms with Crippen molar-refractivity contribution in [1.82, 2.24) is 15.5 Å². The van der Waals surface area contributed by atoms with E-state index in [9.17, 15) is 14.4 Å². The third-order valence-electron chi connectivity index (χ3n) is 3.92. The largest absolute Gasteiger partial charge is 0.351 e. The average molecular weight is 346 g/mol. The lowest BCUT2D eigenvalue weighted by molar-refractivity contribution is -0.129. The number of hydrogen-bond donors (Lipinski definition) is 3. The molecule has 0 radical (unpaired) electrons. The number of rotatable bonds is 6. The van der Waals surface area contributed by atoms with Gasteiger partial charge in [-0.05, 0) is 38.8 Å². The number of urea groups is 1. The highest BCUT2D eigenvalue weighted by Crippen LogP contribution is 2.15. The summed E-state index contributed by atoms with van der Waals surface area (Å²) in [5, 5.41) is 8.15. The molecule has 7 nitrogen and oxygen atoms in total.